The molecule has 1 heterocycles. The number of benzene rings is 2. The van der Waals surface area contributed by atoms with Gasteiger partial charge in [-0.1, -0.05) is 43.3 Å². The van der Waals surface area contributed by atoms with Gasteiger partial charge in [-0.3, -0.25) is 9.69 Å². The molecular formula is C24H32N2O2. The van der Waals surface area contributed by atoms with Gasteiger partial charge in [0.25, 0.3) is 5.91 Å². The predicted octanol–water partition coefficient (Wildman–Crippen LogP) is 4.37. The first-order valence-electron chi connectivity index (χ1n) is 10.4. The number of carbonyl (C=O) groups excluding carboxylic acids is 1. The maximum Gasteiger partial charge on any atom is 0.261 e. The van der Waals surface area contributed by atoms with Gasteiger partial charge in [0.05, 0.1) is 0 Å². The summed E-state index contributed by atoms with van der Waals surface area (Å²) in [5.41, 5.74) is 4.70. The summed E-state index contributed by atoms with van der Waals surface area (Å²) in [7, 11) is 0. The molecule has 1 amide bonds. The van der Waals surface area contributed by atoms with E-state index in [1.54, 1.807) is 0 Å². The first-order chi connectivity index (χ1) is 13.6. The largest absolute Gasteiger partial charge is 0.480 e. The Balaban J connectivity index is 1.52. The lowest BCUT2D eigenvalue weighted by molar-refractivity contribution is -0.128. The normalized spacial score (nSPS) is 15.4. The highest BCUT2D eigenvalue weighted by atomic mass is 16.5. The fraction of sp³-hybridized carbons (Fsp3) is 0.458. The van der Waals surface area contributed by atoms with Gasteiger partial charge < -0.3 is 10.1 Å². The number of likely N-dealkylation sites (tertiary alicyclic amines) is 1. The standard InChI is InChI=1S/C24H32N2O2/c1-4-22(28-23-9-7-8-18(2)19(23)3)24(27)25-16-20-10-12-21(13-11-20)17-26-14-5-6-15-26/h7-13,22H,4-6,14-17H2,1-3H3,(H,25,27)/t22-/m1/s1. The molecule has 0 spiro atoms. The number of rotatable bonds is 8. The molecule has 0 aliphatic carbocycles. The maximum absolute atomic E-state index is 12.6. The number of hydrogen-bond acceptors (Lipinski definition) is 3. The average molecular weight is 381 g/mol. The minimum atomic E-state index is -0.477. The van der Waals surface area contributed by atoms with Crippen molar-refractivity contribution >= 4 is 5.91 Å². The van der Waals surface area contributed by atoms with Crippen molar-refractivity contribution in [2.24, 2.45) is 0 Å². The van der Waals surface area contributed by atoms with E-state index in [-0.39, 0.29) is 5.91 Å². The summed E-state index contributed by atoms with van der Waals surface area (Å²) < 4.78 is 6.00. The molecule has 1 fully saturated rings. The van der Waals surface area contributed by atoms with E-state index < -0.39 is 6.10 Å². The van der Waals surface area contributed by atoms with Crippen molar-refractivity contribution in [1.29, 1.82) is 0 Å². The third-order valence-electron chi connectivity index (χ3n) is 5.58. The first-order valence-corrected chi connectivity index (χ1v) is 10.4. The smallest absolute Gasteiger partial charge is 0.261 e. The number of ether oxygens (including phenoxy) is 1. The lowest BCUT2D eigenvalue weighted by Crippen LogP contribution is -2.37. The number of nitrogens with one attached hydrogen (secondary N) is 1. The molecule has 1 aliphatic rings. The summed E-state index contributed by atoms with van der Waals surface area (Å²) in [6.45, 7) is 10.0. The molecule has 150 valence electrons. The van der Waals surface area contributed by atoms with Crippen LogP contribution in [0.4, 0.5) is 0 Å². The van der Waals surface area contributed by atoms with Crippen molar-refractivity contribution in [1.82, 2.24) is 10.2 Å². The van der Waals surface area contributed by atoms with E-state index in [2.05, 4.69) is 47.5 Å². The highest BCUT2D eigenvalue weighted by Gasteiger charge is 2.19. The Morgan fingerprint density at radius 1 is 1.07 bits per heavy atom. The molecule has 2 aromatic carbocycles. The molecule has 1 aliphatic heterocycles. The lowest BCUT2D eigenvalue weighted by Gasteiger charge is -2.19. The van der Waals surface area contributed by atoms with E-state index in [1.165, 1.54) is 37.1 Å². The zero-order valence-corrected chi connectivity index (χ0v) is 17.3. The fourth-order valence-corrected chi connectivity index (χ4v) is 3.59. The van der Waals surface area contributed by atoms with Crippen LogP contribution >= 0.6 is 0 Å². The molecule has 2 aromatic rings. The number of nitrogens with zero attached hydrogens (tertiary/aromatic N) is 1. The quantitative estimate of drug-likeness (QED) is 0.739. The first kappa shape index (κ1) is 20.4. The van der Waals surface area contributed by atoms with E-state index in [9.17, 15) is 4.79 Å². The minimum Gasteiger partial charge on any atom is -0.480 e. The van der Waals surface area contributed by atoms with Gasteiger partial charge in [0.15, 0.2) is 6.10 Å². The molecule has 0 aromatic heterocycles. The molecule has 4 heteroatoms. The zero-order valence-electron chi connectivity index (χ0n) is 17.3. The van der Waals surface area contributed by atoms with Gasteiger partial charge >= 0.3 is 0 Å². The Kier molecular flexibility index (Phi) is 7.10. The predicted molar refractivity (Wildman–Crippen MR) is 113 cm³/mol. The highest BCUT2D eigenvalue weighted by Crippen LogP contribution is 2.22. The van der Waals surface area contributed by atoms with E-state index in [0.717, 1.165) is 23.4 Å². The van der Waals surface area contributed by atoms with Gasteiger partial charge in [0.1, 0.15) is 5.75 Å². The highest BCUT2D eigenvalue weighted by molar-refractivity contribution is 5.81. The van der Waals surface area contributed by atoms with Crippen LogP contribution in [-0.4, -0.2) is 30.0 Å². The number of hydrogen-bond donors (Lipinski definition) is 1. The molecule has 1 N–H and O–H groups in total. The summed E-state index contributed by atoms with van der Waals surface area (Å²) in [6.07, 6.45) is 2.78. The lowest BCUT2D eigenvalue weighted by atomic mass is 10.1. The molecule has 3 rings (SSSR count). The van der Waals surface area contributed by atoms with Crippen LogP contribution in [0.5, 0.6) is 5.75 Å². The van der Waals surface area contributed by atoms with Crippen molar-refractivity contribution in [2.45, 2.75) is 59.2 Å². The maximum atomic E-state index is 12.6. The van der Waals surface area contributed by atoms with Crippen molar-refractivity contribution in [3.8, 4) is 5.75 Å². The van der Waals surface area contributed by atoms with Crippen LogP contribution in [-0.2, 0) is 17.9 Å². The van der Waals surface area contributed by atoms with Crippen LogP contribution in [0.15, 0.2) is 42.5 Å². The zero-order chi connectivity index (χ0) is 19.9. The third kappa shape index (κ3) is 5.35. The molecule has 0 radical (unpaired) electrons. The summed E-state index contributed by atoms with van der Waals surface area (Å²) in [4.78, 5) is 15.1. The Morgan fingerprint density at radius 3 is 2.43 bits per heavy atom. The topological polar surface area (TPSA) is 41.6 Å². The third-order valence-corrected chi connectivity index (χ3v) is 5.58. The van der Waals surface area contributed by atoms with Gasteiger partial charge in [-0.15, -0.1) is 0 Å². The Morgan fingerprint density at radius 2 is 1.75 bits per heavy atom. The SMILES string of the molecule is CC[C@@H](Oc1cccc(C)c1C)C(=O)NCc1ccc(CN2CCCC2)cc1. The van der Waals surface area contributed by atoms with Crippen LogP contribution in [0.25, 0.3) is 0 Å². The molecule has 1 saturated heterocycles. The molecule has 1 atom stereocenters. The Labute approximate surface area is 168 Å². The summed E-state index contributed by atoms with van der Waals surface area (Å²) in [5.74, 6) is 0.720. The molecule has 4 nitrogen and oxygen atoms in total. The van der Waals surface area contributed by atoms with Crippen LogP contribution in [0.1, 0.15) is 48.4 Å². The van der Waals surface area contributed by atoms with Crippen molar-refractivity contribution in [2.75, 3.05) is 13.1 Å². The van der Waals surface area contributed by atoms with Gasteiger partial charge in [0, 0.05) is 13.1 Å². The van der Waals surface area contributed by atoms with E-state index >= 15 is 0 Å². The van der Waals surface area contributed by atoms with Crippen LogP contribution < -0.4 is 10.1 Å². The number of carbonyl (C=O) groups is 1. The van der Waals surface area contributed by atoms with Crippen LogP contribution in [0, 0.1) is 13.8 Å². The molecule has 0 bridgehead atoms. The van der Waals surface area contributed by atoms with Crippen molar-refractivity contribution in [3.05, 3.63) is 64.7 Å². The Bertz CT molecular complexity index is 780. The monoisotopic (exact) mass is 380 g/mol. The summed E-state index contributed by atoms with van der Waals surface area (Å²) in [6, 6.07) is 14.5. The average Bonchev–Trinajstić information content (AvgIpc) is 3.21. The summed E-state index contributed by atoms with van der Waals surface area (Å²) >= 11 is 0. The number of aryl methyl sites for hydroxylation is 1. The second-order valence-corrected chi connectivity index (χ2v) is 7.73. The molecule has 28 heavy (non-hydrogen) atoms. The van der Waals surface area contributed by atoms with Gasteiger partial charge in [-0.05, 0) is 74.5 Å². The van der Waals surface area contributed by atoms with Crippen molar-refractivity contribution in [3.63, 3.8) is 0 Å². The second kappa shape index (κ2) is 9.74. The van der Waals surface area contributed by atoms with Crippen LogP contribution in [0.2, 0.25) is 0 Å². The second-order valence-electron chi connectivity index (χ2n) is 7.73. The Hall–Kier alpha value is -2.33. The molecule has 0 saturated carbocycles. The number of amides is 1. The van der Waals surface area contributed by atoms with Gasteiger partial charge in [-0.25, -0.2) is 0 Å². The van der Waals surface area contributed by atoms with Gasteiger partial charge in [0.2, 0.25) is 0 Å². The molecular weight excluding hydrogens is 348 g/mol. The van der Waals surface area contributed by atoms with E-state index in [0.29, 0.717) is 13.0 Å². The van der Waals surface area contributed by atoms with E-state index in [1.807, 2.05) is 26.0 Å². The van der Waals surface area contributed by atoms with Gasteiger partial charge in [-0.2, -0.15) is 0 Å². The minimum absolute atomic E-state index is 0.0652. The van der Waals surface area contributed by atoms with Crippen LogP contribution in [0.3, 0.4) is 0 Å². The molecule has 0 unspecified atom stereocenters. The fourth-order valence-electron chi connectivity index (χ4n) is 3.59. The van der Waals surface area contributed by atoms with E-state index in [4.69, 9.17) is 4.74 Å². The summed E-state index contributed by atoms with van der Waals surface area (Å²) in [5, 5.41) is 3.02. The van der Waals surface area contributed by atoms with Crippen molar-refractivity contribution < 1.29 is 9.53 Å².